The second-order valence-electron chi connectivity index (χ2n) is 5.53. The van der Waals surface area contributed by atoms with Gasteiger partial charge in [0.1, 0.15) is 11.5 Å². The Balaban J connectivity index is 1.58. The van der Waals surface area contributed by atoms with E-state index in [9.17, 15) is 10.2 Å². The van der Waals surface area contributed by atoms with E-state index in [2.05, 4.69) is 30.3 Å². The van der Waals surface area contributed by atoms with Gasteiger partial charge in [-0.1, -0.05) is 55.7 Å². The number of aryl methyl sites for hydroxylation is 1. The fourth-order valence-corrected chi connectivity index (χ4v) is 2.62. The van der Waals surface area contributed by atoms with E-state index in [0.717, 1.165) is 25.7 Å². The van der Waals surface area contributed by atoms with Gasteiger partial charge in [0.15, 0.2) is 0 Å². The van der Waals surface area contributed by atoms with Gasteiger partial charge in [-0.3, -0.25) is 0 Å². The lowest BCUT2D eigenvalue weighted by molar-refractivity contribution is 0.435. The summed E-state index contributed by atoms with van der Waals surface area (Å²) >= 11 is 0. The van der Waals surface area contributed by atoms with Crippen LogP contribution < -0.4 is 0 Å². The summed E-state index contributed by atoms with van der Waals surface area (Å²) in [6, 6.07) is 15.5. The molecule has 21 heavy (non-hydrogen) atoms. The Labute approximate surface area is 127 Å². The fourth-order valence-electron chi connectivity index (χ4n) is 2.62. The molecule has 0 saturated heterocycles. The van der Waals surface area contributed by atoms with Crippen LogP contribution in [0.1, 0.15) is 43.2 Å². The van der Waals surface area contributed by atoms with Gasteiger partial charge in [-0.05, 0) is 43.4 Å². The highest BCUT2D eigenvalue weighted by Gasteiger charge is 2.05. The van der Waals surface area contributed by atoms with Crippen molar-refractivity contribution in [2.75, 3.05) is 0 Å². The maximum Gasteiger partial charge on any atom is 0.122 e. The fraction of sp³-hybridized carbons (Fsp3) is 0.368. The van der Waals surface area contributed by atoms with Gasteiger partial charge in [0.25, 0.3) is 0 Å². The summed E-state index contributed by atoms with van der Waals surface area (Å²) < 4.78 is 0. The van der Waals surface area contributed by atoms with Crippen molar-refractivity contribution in [3.63, 3.8) is 0 Å². The van der Waals surface area contributed by atoms with E-state index in [1.165, 1.54) is 24.8 Å². The van der Waals surface area contributed by atoms with Crippen LogP contribution in [0.15, 0.2) is 48.5 Å². The van der Waals surface area contributed by atoms with Crippen LogP contribution in [-0.4, -0.2) is 10.2 Å². The molecule has 0 aromatic heterocycles. The Morgan fingerprint density at radius 1 is 0.571 bits per heavy atom. The van der Waals surface area contributed by atoms with Crippen LogP contribution in [0.25, 0.3) is 0 Å². The van der Waals surface area contributed by atoms with Gasteiger partial charge in [0.05, 0.1) is 0 Å². The topological polar surface area (TPSA) is 40.5 Å². The van der Waals surface area contributed by atoms with Crippen LogP contribution in [-0.2, 0) is 12.8 Å². The number of phenols is 2. The molecule has 112 valence electrons. The Hall–Kier alpha value is -1.96. The summed E-state index contributed by atoms with van der Waals surface area (Å²) in [5.74, 6) is 0.415. The summed E-state index contributed by atoms with van der Waals surface area (Å²) in [4.78, 5) is 0. The first-order valence-electron chi connectivity index (χ1n) is 7.81. The largest absolute Gasteiger partial charge is 0.508 e. The number of hydrogen-bond donors (Lipinski definition) is 2. The van der Waals surface area contributed by atoms with Gasteiger partial charge in [0, 0.05) is 5.56 Å². The molecule has 2 aromatic rings. The van der Waals surface area contributed by atoms with Gasteiger partial charge in [0.2, 0.25) is 0 Å². The minimum absolute atomic E-state index is 0.207. The highest BCUT2D eigenvalue weighted by atomic mass is 16.3. The Morgan fingerprint density at radius 2 is 1.14 bits per heavy atom. The third kappa shape index (κ3) is 5.14. The predicted molar refractivity (Wildman–Crippen MR) is 86.7 cm³/mol. The van der Waals surface area contributed by atoms with E-state index in [-0.39, 0.29) is 11.5 Å². The predicted octanol–water partition coefficient (Wildman–Crippen LogP) is 4.83. The molecule has 0 aliphatic carbocycles. The highest BCUT2D eigenvalue weighted by molar-refractivity contribution is 5.42. The standard InChI is InChI=1S/C19H24O2/c20-18-14-9-15-19(21)17(18)13-8-3-1-2-5-10-16-11-6-4-7-12-16/h4,6-7,9,11-12,14-15,20-21H,1-3,5,8,10,13H2. The molecule has 0 amide bonds. The van der Waals surface area contributed by atoms with Crippen molar-refractivity contribution >= 4 is 0 Å². The molecule has 0 fully saturated rings. The molecule has 0 bridgehead atoms. The molecular weight excluding hydrogens is 260 g/mol. The normalized spacial score (nSPS) is 10.7. The number of unbranched alkanes of at least 4 members (excludes halogenated alkanes) is 4. The van der Waals surface area contributed by atoms with E-state index in [1.807, 2.05) is 0 Å². The van der Waals surface area contributed by atoms with E-state index in [4.69, 9.17) is 0 Å². The first-order chi connectivity index (χ1) is 10.3. The van der Waals surface area contributed by atoms with Crippen molar-refractivity contribution in [1.29, 1.82) is 0 Å². The van der Waals surface area contributed by atoms with Crippen molar-refractivity contribution in [2.45, 2.75) is 44.9 Å². The van der Waals surface area contributed by atoms with Gasteiger partial charge < -0.3 is 10.2 Å². The highest BCUT2D eigenvalue weighted by Crippen LogP contribution is 2.28. The second-order valence-corrected chi connectivity index (χ2v) is 5.53. The van der Waals surface area contributed by atoms with E-state index >= 15 is 0 Å². The van der Waals surface area contributed by atoms with Crippen molar-refractivity contribution in [3.8, 4) is 11.5 Å². The van der Waals surface area contributed by atoms with Gasteiger partial charge in [-0.25, -0.2) is 0 Å². The zero-order chi connectivity index (χ0) is 14.9. The van der Waals surface area contributed by atoms with Crippen molar-refractivity contribution < 1.29 is 10.2 Å². The van der Waals surface area contributed by atoms with Gasteiger partial charge in [-0.2, -0.15) is 0 Å². The molecule has 0 aliphatic heterocycles. The second kappa shape index (κ2) is 8.35. The zero-order valence-corrected chi connectivity index (χ0v) is 12.5. The third-order valence-electron chi connectivity index (χ3n) is 3.86. The molecule has 2 aromatic carbocycles. The van der Waals surface area contributed by atoms with Crippen molar-refractivity contribution in [3.05, 3.63) is 59.7 Å². The lowest BCUT2D eigenvalue weighted by atomic mass is 10.0. The Kier molecular flexibility index (Phi) is 6.14. The van der Waals surface area contributed by atoms with E-state index in [1.54, 1.807) is 18.2 Å². The molecule has 0 heterocycles. The smallest absolute Gasteiger partial charge is 0.122 e. The monoisotopic (exact) mass is 284 g/mol. The number of rotatable bonds is 8. The van der Waals surface area contributed by atoms with Gasteiger partial charge >= 0.3 is 0 Å². The maximum atomic E-state index is 9.70. The Bertz CT molecular complexity index is 514. The van der Waals surface area contributed by atoms with Crippen LogP contribution in [0.5, 0.6) is 11.5 Å². The quantitative estimate of drug-likeness (QED) is 0.681. The average molecular weight is 284 g/mol. The summed E-state index contributed by atoms with van der Waals surface area (Å²) in [6.45, 7) is 0. The molecular formula is C19H24O2. The van der Waals surface area contributed by atoms with Crippen LogP contribution in [0.3, 0.4) is 0 Å². The van der Waals surface area contributed by atoms with Crippen molar-refractivity contribution in [2.24, 2.45) is 0 Å². The van der Waals surface area contributed by atoms with Crippen LogP contribution in [0, 0.1) is 0 Å². The molecule has 2 rings (SSSR count). The first kappa shape index (κ1) is 15.4. The minimum atomic E-state index is 0.207. The molecule has 2 N–H and O–H groups in total. The maximum absolute atomic E-state index is 9.70. The molecule has 0 atom stereocenters. The molecule has 0 radical (unpaired) electrons. The lowest BCUT2D eigenvalue weighted by Crippen LogP contribution is -1.89. The average Bonchev–Trinajstić information content (AvgIpc) is 2.50. The first-order valence-corrected chi connectivity index (χ1v) is 7.81. The van der Waals surface area contributed by atoms with Crippen molar-refractivity contribution in [1.82, 2.24) is 0 Å². The minimum Gasteiger partial charge on any atom is -0.508 e. The number of hydrogen-bond acceptors (Lipinski definition) is 2. The number of aromatic hydroxyl groups is 2. The van der Waals surface area contributed by atoms with Crippen LogP contribution in [0.2, 0.25) is 0 Å². The van der Waals surface area contributed by atoms with Crippen LogP contribution >= 0.6 is 0 Å². The van der Waals surface area contributed by atoms with E-state index < -0.39 is 0 Å². The molecule has 0 saturated carbocycles. The molecule has 0 unspecified atom stereocenters. The Morgan fingerprint density at radius 3 is 1.81 bits per heavy atom. The SMILES string of the molecule is Oc1cccc(O)c1CCCCCCCc1ccccc1. The molecule has 2 nitrogen and oxygen atoms in total. The molecule has 2 heteroatoms. The third-order valence-corrected chi connectivity index (χ3v) is 3.86. The van der Waals surface area contributed by atoms with Crippen LogP contribution in [0.4, 0.5) is 0 Å². The molecule has 0 aliphatic rings. The lowest BCUT2D eigenvalue weighted by Gasteiger charge is -2.07. The number of phenolic OH excluding ortho intramolecular Hbond substituents is 2. The molecule has 0 spiro atoms. The number of benzene rings is 2. The summed E-state index contributed by atoms with van der Waals surface area (Å²) in [5, 5.41) is 19.4. The van der Waals surface area contributed by atoms with E-state index in [0.29, 0.717) is 5.56 Å². The summed E-state index contributed by atoms with van der Waals surface area (Å²) in [6.07, 6.45) is 7.73. The van der Waals surface area contributed by atoms with Gasteiger partial charge in [-0.15, -0.1) is 0 Å². The summed E-state index contributed by atoms with van der Waals surface area (Å²) in [5.41, 5.74) is 2.10. The summed E-state index contributed by atoms with van der Waals surface area (Å²) in [7, 11) is 0. The zero-order valence-electron chi connectivity index (χ0n) is 12.5.